The molecule has 0 aromatic heterocycles. The van der Waals surface area contributed by atoms with Crippen LogP contribution in [0.2, 0.25) is 0 Å². The lowest BCUT2D eigenvalue weighted by Gasteiger charge is -2.37. The maximum Gasteiger partial charge on any atom is 0.338 e. The van der Waals surface area contributed by atoms with Crippen molar-refractivity contribution in [1.82, 2.24) is 4.90 Å². The van der Waals surface area contributed by atoms with Crippen LogP contribution in [0.3, 0.4) is 0 Å². The van der Waals surface area contributed by atoms with Crippen LogP contribution in [0.15, 0.2) is 46.6 Å². The van der Waals surface area contributed by atoms with Crippen molar-refractivity contribution in [2.24, 2.45) is 4.99 Å². The van der Waals surface area contributed by atoms with Gasteiger partial charge < -0.3 is 9.47 Å². The number of para-hydroxylation sites is 1. The highest BCUT2D eigenvalue weighted by Gasteiger charge is 2.39. The van der Waals surface area contributed by atoms with Gasteiger partial charge in [-0.05, 0) is 26.8 Å². The van der Waals surface area contributed by atoms with E-state index in [9.17, 15) is 9.59 Å². The van der Waals surface area contributed by atoms with Crippen molar-refractivity contribution in [1.29, 1.82) is 0 Å². The van der Waals surface area contributed by atoms with Crippen LogP contribution in [0, 0.1) is 0 Å². The second kappa shape index (κ2) is 8.65. The predicted molar refractivity (Wildman–Crippen MR) is 111 cm³/mol. The molecule has 28 heavy (non-hydrogen) atoms. The molecule has 0 unspecified atom stereocenters. The highest BCUT2D eigenvalue weighted by atomic mass is 32.2. The number of hydrogen-bond donors (Lipinski definition) is 0. The number of carbonyl (C=O) groups excluding carboxylic acids is 2. The van der Waals surface area contributed by atoms with E-state index in [0.29, 0.717) is 28.6 Å². The zero-order valence-electron chi connectivity index (χ0n) is 16.5. The summed E-state index contributed by atoms with van der Waals surface area (Å²) in [6.07, 6.45) is 3.86. The largest absolute Gasteiger partial charge is 0.496 e. The van der Waals surface area contributed by atoms with Gasteiger partial charge in [-0.2, -0.15) is 0 Å². The van der Waals surface area contributed by atoms with Gasteiger partial charge in [-0.25, -0.2) is 9.79 Å². The molecule has 2 heterocycles. The van der Waals surface area contributed by atoms with Crippen molar-refractivity contribution in [2.75, 3.05) is 12.9 Å². The summed E-state index contributed by atoms with van der Waals surface area (Å²) in [7, 11) is 1.61. The SMILES string of the molecule is COc1ccccc1/C=C/[C@@H]1C(C(=O)OC(C)C)=C(C)N=C2SCCC(=O)N21. The number of aliphatic imine (C=N–C) groups is 1. The number of nitrogens with zero attached hydrogens (tertiary/aromatic N) is 2. The van der Waals surface area contributed by atoms with Crippen LogP contribution in [0.5, 0.6) is 5.75 Å². The van der Waals surface area contributed by atoms with E-state index >= 15 is 0 Å². The third-order valence-corrected chi connectivity index (χ3v) is 5.36. The van der Waals surface area contributed by atoms with E-state index in [1.165, 1.54) is 11.8 Å². The van der Waals surface area contributed by atoms with Gasteiger partial charge in [-0.3, -0.25) is 9.69 Å². The number of fused-ring (bicyclic) bond motifs is 1. The lowest BCUT2D eigenvalue weighted by molar-refractivity contribution is -0.143. The molecule has 0 N–H and O–H groups in total. The number of thioether (sulfide) groups is 1. The molecule has 1 aromatic rings. The fourth-order valence-electron chi connectivity index (χ4n) is 3.16. The number of amides is 1. The Morgan fingerprint density at radius 1 is 1.36 bits per heavy atom. The van der Waals surface area contributed by atoms with Gasteiger partial charge in [-0.15, -0.1) is 0 Å². The molecule has 2 aliphatic rings. The predicted octanol–water partition coefficient (Wildman–Crippen LogP) is 3.64. The zero-order chi connectivity index (χ0) is 20.3. The summed E-state index contributed by atoms with van der Waals surface area (Å²) in [5.41, 5.74) is 1.83. The molecule has 1 amide bonds. The van der Waals surface area contributed by atoms with Crippen LogP contribution in [-0.2, 0) is 14.3 Å². The van der Waals surface area contributed by atoms with Gasteiger partial charge in [0.1, 0.15) is 5.75 Å². The molecule has 0 saturated carbocycles. The third kappa shape index (κ3) is 4.14. The van der Waals surface area contributed by atoms with Gasteiger partial charge in [0.15, 0.2) is 5.17 Å². The number of esters is 1. The molecule has 1 saturated heterocycles. The second-order valence-corrected chi connectivity index (χ2v) is 7.82. The maximum absolute atomic E-state index is 12.8. The number of ether oxygens (including phenoxy) is 2. The van der Waals surface area contributed by atoms with E-state index in [0.717, 1.165) is 11.3 Å². The quantitative estimate of drug-likeness (QED) is 0.706. The van der Waals surface area contributed by atoms with Crippen LogP contribution in [0.4, 0.5) is 0 Å². The Morgan fingerprint density at radius 2 is 2.11 bits per heavy atom. The monoisotopic (exact) mass is 400 g/mol. The molecule has 1 fully saturated rings. The third-order valence-electron chi connectivity index (χ3n) is 4.41. The molecule has 148 valence electrons. The van der Waals surface area contributed by atoms with E-state index in [1.54, 1.807) is 32.8 Å². The van der Waals surface area contributed by atoms with E-state index in [1.807, 2.05) is 36.4 Å². The van der Waals surface area contributed by atoms with Crippen LogP contribution in [0.1, 0.15) is 32.8 Å². The van der Waals surface area contributed by atoms with E-state index in [2.05, 4.69) is 4.99 Å². The molecule has 6 nitrogen and oxygen atoms in total. The highest BCUT2D eigenvalue weighted by Crippen LogP contribution is 2.33. The molecular formula is C21H24N2O4S. The Kier molecular flexibility index (Phi) is 6.24. The number of methoxy groups -OCH3 is 1. The molecule has 3 rings (SSSR count). The molecule has 0 aliphatic carbocycles. The number of carbonyl (C=O) groups is 2. The standard InChI is InChI=1S/C21H24N2O4S/c1-13(2)27-20(25)19-14(3)22-21-23(18(24)11-12-28-21)16(19)10-9-15-7-5-6-8-17(15)26-4/h5-10,13,16H,11-12H2,1-4H3/b10-9+/t16-/m1/s1. The first-order chi connectivity index (χ1) is 13.4. The first kappa shape index (κ1) is 20.2. The minimum Gasteiger partial charge on any atom is -0.496 e. The Morgan fingerprint density at radius 3 is 2.82 bits per heavy atom. The first-order valence-electron chi connectivity index (χ1n) is 9.19. The van der Waals surface area contributed by atoms with Crippen molar-refractivity contribution in [3.8, 4) is 5.75 Å². The van der Waals surface area contributed by atoms with Crippen LogP contribution in [0.25, 0.3) is 6.08 Å². The number of amidine groups is 1. The van der Waals surface area contributed by atoms with Crippen molar-refractivity contribution < 1.29 is 19.1 Å². The molecule has 7 heteroatoms. The number of allylic oxidation sites excluding steroid dienone is 1. The summed E-state index contributed by atoms with van der Waals surface area (Å²) in [5.74, 6) is 0.911. The Labute approximate surface area is 169 Å². The summed E-state index contributed by atoms with van der Waals surface area (Å²) < 4.78 is 10.8. The fraction of sp³-hybridized carbons (Fsp3) is 0.381. The Hall–Kier alpha value is -2.54. The maximum atomic E-state index is 12.8. The summed E-state index contributed by atoms with van der Waals surface area (Å²) >= 11 is 1.53. The smallest absolute Gasteiger partial charge is 0.338 e. The van der Waals surface area contributed by atoms with Crippen molar-refractivity contribution >= 4 is 34.9 Å². The Balaban J connectivity index is 2.04. The molecule has 0 spiro atoms. The van der Waals surface area contributed by atoms with Crippen molar-refractivity contribution in [3.05, 3.63) is 47.2 Å². The van der Waals surface area contributed by atoms with Gasteiger partial charge in [0.25, 0.3) is 0 Å². The van der Waals surface area contributed by atoms with E-state index < -0.39 is 12.0 Å². The summed E-state index contributed by atoms with van der Waals surface area (Å²) in [6, 6.07) is 7.02. The van der Waals surface area contributed by atoms with Gasteiger partial charge in [0.2, 0.25) is 5.91 Å². The summed E-state index contributed by atoms with van der Waals surface area (Å²) in [5, 5.41) is 0.629. The minimum atomic E-state index is -0.566. The van der Waals surface area contributed by atoms with Crippen molar-refractivity contribution in [2.45, 2.75) is 39.3 Å². The molecule has 2 aliphatic heterocycles. The van der Waals surface area contributed by atoms with E-state index in [-0.39, 0.29) is 12.0 Å². The molecule has 1 atom stereocenters. The van der Waals surface area contributed by atoms with Gasteiger partial charge >= 0.3 is 5.97 Å². The number of hydrogen-bond acceptors (Lipinski definition) is 6. The lowest BCUT2D eigenvalue weighted by Crippen LogP contribution is -2.49. The molecule has 0 radical (unpaired) electrons. The number of benzene rings is 1. The zero-order valence-corrected chi connectivity index (χ0v) is 17.3. The second-order valence-electron chi connectivity index (χ2n) is 6.76. The van der Waals surface area contributed by atoms with Crippen LogP contribution in [-0.4, -0.2) is 47.0 Å². The van der Waals surface area contributed by atoms with Crippen LogP contribution < -0.4 is 4.74 Å². The van der Waals surface area contributed by atoms with Gasteiger partial charge in [-0.1, -0.05) is 42.1 Å². The summed E-state index contributed by atoms with van der Waals surface area (Å²) in [6.45, 7) is 5.38. The van der Waals surface area contributed by atoms with Crippen molar-refractivity contribution in [3.63, 3.8) is 0 Å². The molecule has 0 bridgehead atoms. The Bertz CT molecular complexity index is 873. The normalized spacial score (nSPS) is 19.8. The molecular weight excluding hydrogens is 376 g/mol. The fourth-order valence-corrected chi connectivity index (χ4v) is 4.18. The van der Waals surface area contributed by atoms with E-state index in [4.69, 9.17) is 9.47 Å². The minimum absolute atomic E-state index is 0.0467. The average molecular weight is 401 g/mol. The van der Waals surface area contributed by atoms with Gasteiger partial charge in [0.05, 0.1) is 30.5 Å². The van der Waals surface area contributed by atoms with Crippen LogP contribution >= 0.6 is 11.8 Å². The lowest BCUT2D eigenvalue weighted by atomic mass is 10.00. The van der Waals surface area contributed by atoms with Gasteiger partial charge in [0, 0.05) is 17.7 Å². The molecule has 1 aromatic carbocycles. The number of rotatable bonds is 5. The summed E-state index contributed by atoms with van der Waals surface area (Å²) in [4.78, 5) is 31.6. The topological polar surface area (TPSA) is 68.2 Å². The first-order valence-corrected chi connectivity index (χ1v) is 10.2. The highest BCUT2D eigenvalue weighted by molar-refractivity contribution is 8.14. The average Bonchev–Trinajstić information content (AvgIpc) is 2.65.